The standard InChI is InChI=1S/C29H46N8/c1-22(19-30)8-7-13-29(3,4)14-15-31-20-25-18-23(2)33-28(35-25)34-24-9-10-27(32-21-24)37-16-11-26(12-17-37)36(5)6/h7,9-10,13,19,21,23,26,30-31H,1,8,11-12,14-18,20H2,2-6H3,(H,33,34)/b13-7+,30-19?. The van der Waals surface area contributed by atoms with E-state index in [9.17, 15) is 0 Å². The number of rotatable bonds is 12. The molecule has 2 aliphatic heterocycles. The first kappa shape index (κ1) is 28.7. The predicted molar refractivity (Wildman–Crippen MR) is 159 cm³/mol. The van der Waals surface area contributed by atoms with Crippen LogP contribution in [0.15, 0.2) is 52.6 Å². The molecule has 0 bridgehead atoms. The van der Waals surface area contributed by atoms with Crippen molar-refractivity contribution in [3.05, 3.63) is 42.6 Å². The molecular weight excluding hydrogens is 460 g/mol. The number of allylic oxidation sites excluding steroid dienone is 3. The lowest BCUT2D eigenvalue weighted by Crippen LogP contribution is -2.42. The average molecular weight is 507 g/mol. The lowest BCUT2D eigenvalue weighted by atomic mass is 9.88. The lowest BCUT2D eigenvalue weighted by molar-refractivity contribution is 0.249. The van der Waals surface area contributed by atoms with E-state index in [1.54, 1.807) is 0 Å². The van der Waals surface area contributed by atoms with Crippen molar-refractivity contribution in [3.63, 3.8) is 0 Å². The minimum absolute atomic E-state index is 0.0898. The van der Waals surface area contributed by atoms with Gasteiger partial charge < -0.3 is 25.8 Å². The second-order valence-electron chi connectivity index (χ2n) is 11.2. The number of hydrogen-bond acceptors (Lipinski definition) is 8. The molecule has 1 aromatic rings. The van der Waals surface area contributed by atoms with Crippen LogP contribution in [0.3, 0.4) is 0 Å². The molecule has 37 heavy (non-hydrogen) atoms. The summed E-state index contributed by atoms with van der Waals surface area (Å²) in [5.41, 5.74) is 2.95. The van der Waals surface area contributed by atoms with Crippen LogP contribution in [0.25, 0.3) is 0 Å². The Kier molecular flexibility index (Phi) is 10.6. The van der Waals surface area contributed by atoms with Gasteiger partial charge in [0.1, 0.15) is 5.82 Å². The Morgan fingerprint density at radius 3 is 2.68 bits per heavy atom. The Hall–Kier alpha value is -2.84. The normalized spacial score (nSPS) is 19.2. The number of aliphatic imine (C=N–C) groups is 2. The maximum Gasteiger partial charge on any atom is 0.222 e. The fourth-order valence-corrected chi connectivity index (χ4v) is 4.69. The highest BCUT2D eigenvalue weighted by Crippen LogP contribution is 2.23. The quantitative estimate of drug-likeness (QED) is 0.216. The Morgan fingerprint density at radius 2 is 2.03 bits per heavy atom. The van der Waals surface area contributed by atoms with E-state index in [1.807, 2.05) is 6.20 Å². The Labute approximate surface area is 223 Å². The largest absolute Gasteiger partial charge is 0.357 e. The van der Waals surface area contributed by atoms with E-state index >= 15 is 0 Å². The smallest absolute Gasteiger partial charge is 0.222 e. The van der Waals surface area contributed by atoms with Crippen LogP contribution in [0.1, 0.15) is 52.9 Å². The number of hydrogen-bond donors (Lipinski definition) is 3. The summed E-state index contributed by atoms with van der Waals surface area (Å²) >= 11 is 0. The van der Waals surface area contributed by atoms with Gasteiger partial charge in [0.25, 0.3) is 0 Å². The van der Waals surface area contributed by atoms with Crippen LogP contribution in [0.2, 0.25) is 0 Å². The monoisotopic (exact) mass is 506 g/mol. The Morgan fingerprint density at radius 1 is 1.27 bits per heavy atom. The molecule has 202 valence electrons. The second-order valence-corrected chi connectivity index (χ2v) is 11.2. The fraction of sp³-hybridized carbons (Fsp3) is 0.586. The van der Waals surface area contributed by atoms with Crippen molar-refractivity contribution >= 4 is 29.4 Å². The van der Waals surface area contributed by atoms with E-state index in [-0.39, 0.29) is 11.5 Å². The number of piperidine rings is 1. The maximum absolute atomic E-state index is 7.23. The molecule has 1 saturated heterocycles. The molecule has 3 heterocycles. The molecule has 8 heteroatoms. The number of anilines is 2. The number of nitrogens with one attached hydrogen (secondary N) is 3. The molecule has 3 rings (SSSR count). The highest BCUT2D eigenvalue weighted by molar-refractivity contribution is 6.05. The molecule has 0 radical (unpaired) electrons. The summed E-state index contributed by atoms with van der Waals surface area (Å²) in [5.74, 6) is 1.69. The van der Waals surface area contributed by atoms with Crippen LogP contribution in [-0.4, -0.2) is 80.1 Å². The van der Waals surface area contributed by atoms with Crippen LogP contribution in [0, 0.1) is 10.8 Å². The minimum Gasteiger partial charge on any atom is -0.357 e. The van der Waals surface area contributed by atoms with Crippen molar-refractivity contribution in [2.24, 2.45) is 15.4 Å². The van der Waals surface area contributed by atoms with Crippen molar-refractivity contribution in [2.45, 2.75) is 65.0 Å². The number of nitrogens with zero attached hydrogens (tertiary/aromatic N) is 5. The van der Waals surface area contributed by atoms with E-state index in [0.717, 1.165) is 68.2 Å². The van der Waals surface area contributed by atoms with E-state index in [2.05, 4.69) is 86.2 Å². The summed E-state index contributed by atoms with van der Waals surface area (Å²) in [6.45, 7) is 14.2. The lowest BCUT2D eigenvalue weighted by Gasteiger charge is -2.35. The molecule has 0 aliphatic carbocycles. The SMILES string of the molecule is C=C(C=N)C/C=C/C(C)(C)CCNCC1=NC(Nc2ccc(N3CCC(N(C)C)CC3)nc2)=NC(C)C1. The first-order valence-corrected chi connectivity index (χ1v) is 13.5. The van der Waals surface area contributed by atoms with Crippen molar-refractivity contribution in [1.29, 1.82) is 5.41 Å². The average Bonchev–Trinajstić information content (AvgIpc) is 2.86. The van der Waals surface area contributed by atoms with Crippen LogP contribution < -0.4 is 15.5 Å². The van der Waals surface area contributed by atoms with Gasteiger partial charge in [0.05, 0.1) is 17.9 Å². The first-order chi connectivity index (χ1) is 17.6. The molecule has 1 atom stereocenters. The Bertz CT molecular complexity index is 982. The van der Waals surface area contributed by atoms with Gasteiger partial charge in [-0.05, 0) is 76.4 Å². The summed E-state index contributed by atoms with van der Waals surface area (Å²) in [4.78, 5) is 18.9. The summed E-state index contributed by atoms with van der Waals surface area (Å²) in [5, 5.41) is 14.2. The van der Waals surface area contributed by atoms with Gasteiger partial charge in [-0.2, -0.15) is 0 Å². The molecule has 3 N–H and O–H groups in total. The van der Waals surface area contributed by atoms with Gasteiger partial charge in [-0.15, -0.1) is 0 Å². The van der Waals surface area contributed by atoms with Crippen molar-refractivity contribution in [2.75, 3.05) is 50.5 Å². The van der Waals surface area contributed by atoms with Crippen LogP contribution in [0.5, 0.6) is 0 Å². The van der Waals surface area contributed by atoms with Gasteiger partial charge >= 0.3 is 0 Å². The van der Waals surface area contributed by atoms with Gasteiger partial charge in [0.15, 0.2) is 0 Å². The molecule has 2 aliphatic rings. The van der Waals surface area contributed by atoms with Crippen molar-refractivity contribution in [1.82, 2.24) is 15.2 Å². The molecule has 1 aromatic heterocycles. The summed E-state index contributed by atoms with van der Waals surface area (Å²) < 4.78 is 0. The van der Waals surface area contributed by atoms with E-state index < -0.39 is 0 Å². The van der Waals surface area contributed by atoms with E-state index in [1.165, 1.54) is 19.1 Å². The molecular formula is C29H46N8. The van der Waals surface area contributed by atoms with Gasteiger partial charge in [-0.1, -0.05) is 32.6 Å². The number of pyridine rings is 1. The van der Waals surface area contributed by atoms with Crippen LogP contribution >= 0.6 is 0 Å². The predicted octanol–water partition coefficient (Wildman–Crippen LogP) is 4.77. The zero-order chi connectivity index (χ0) is 26.8. The summed E-state index contributed by atoms with van der Waals surface area (Å²) in [6.07, 6.45) is 12.5. The number of aromatic nitrogens is 1. The minimum atomic E-state index is 0.0898. The third-order valence-electron chi connectivity index (χ3n) is 7.09. The van der Waals surface area contributed by atoms with Crippen LogP contribution in [-0.2, 0) is 0 Å². The van der Waals surface area contributed by atoms with E-state index in [4.69, 9.17) is 20.4 Å². The topological polar surface area (TPSA) is 92.0 Å². The molecule has 8 nitrogen and oxygen atoms in total. The van der Waals surface area contributed by atoms with Gasteiger partial charge in [-0.25, -0.2) is 15.0 Å². The zero-order valence-electron chi connectivity index (χ0n) is 23.4. The fourth-order valence-electron chi connectivity index (χ4n) is 4.69. The molecule has 1 unspecified atom stereocenters. The third-order valence-corrected chi connectivity index (χ3v) is 7.09. The van der Waals surface area contributed by atoms with Gasteiger partial charge in [0, 0.05) is 44.0 Å². The molecule has 1 fully saturated rings. The van der Waals surface area contributed by atoms with E-state index in [0.29, 0.717) is 12.0 Å². The van der Waals surface area contributed by atoms with Gasteiger partial charge in [-0.3, -0.25) is 0 Å². The molecule has 0 spiro atoms. The molecule has 0 saturated carbocycles. The summed E-state index contributed by atoms with van der Waals surface area (Å²) in [7, 11) is 4.33. The Balaban J connectivity index is 1.46. The number of guanidine groups is 1. The third kappa shape index (κ3) is 9.52. The molecule has 0 aromatic carbocycles. The zero-order valence-corrected chi connectivity index (χ0v) is 23.4. The first-order valence-electron chi connectivity index (χ1n) is 13.5. The highest BCUT2D eigenvalue weighted by Gasteiger charge is 2.21. The molecule has 0 amide bonds. The summed E-state index contributed by atoms with van der Waals surface area (Å²) in [6, 6.07) is 5.03. The second kappa shape index (κ2) is 13.6. The van der Waals surface area contributed by atoms with Crippen molar-refractivity contribution < 1.29 is 0 Å². The van der Waals surface area contributed by atoms with Gasteiger partial charge in [0.2, 0.25) is 5.96 Å². The highest BCUT2D eigenvalue weighted by atomic mass is 15.2. The maximum atomic E-state index is 7.23. The van der Waals surface area contributed by atoms with Crippen LogP contribution in [0.4, 0.5) is 11.5 Å². The van der Waals surface area contributed by atoms with Crippen molar-refractivity contribution in [3.8, 4) is 0 Å².